The molecule has 84 valence electrons. The number of rotatable bonds is 0. The van der Waals surface area contributed by atoms with Crippen LogP contribution in [0, 0.1) is 0 Å². The molecular formula is C11H18BrN3. The summed E-state index contributed by atoms with van der Waals surface area (Å²) in [6.45, 7) is 10.9. The Kier molecular flexibility index (Phi) is 2.57. The number of allylic oxidation sites excluding steroid dienone is 1. The first-order chi connectivity index (χ1) is 6.89. The normalized spacial score (nSPS) is 26.3. The maximum atomic E-state index is 4.51. The number of hydrogen-bond donors (Lipinski definition) is 0. The monoisotopic (exact) mass is 271 g/mol. The maximum absolute atomic E-state index is 4.51. The molecule has 0 amide bonds. The Morgan fingerprint density at radius 2 is 2.07 bits per heavy atom. The molecule has 0 radical (unpaired) electrons. The van der Waals surface area contributed by atoms with Crippen LogP contribution in [0.15, 0.2) is 16.9 Å². The van der Waals surface area contributed by atoms with Gasteiger partial charge in [-0.25, -0.2) is 0 Å². The standard InChI is InChI=1S/C11H18BrN3/c1-8-9-7-14(11(2,3)4)5-6-15(9)10(12)13-8/h7,10H,5-6H2,1-4H3. The fourth-order valence-corrected chi connectivity index (χ4v) is 2.70. The minimum atomic E-state index is 0.144. The highest BCUT2D eigenvalue weighted by Crippen LogP contribution is 2.30. The Bertz CT molecular complexity index is 327. The Morgan fingerprint density at radius 3 is 2.67 bits per heavy atom. The third-order valence-electron chi connectivity index (χ3n) is 2.96. The highest BCUT2D eigenvalue weighted by Gasteiger charge is 2.32. The van der Waals surface area contributed by atoms with E-state index < -0.39 is 0 Å². The quantitative estimate of drug-likeness (QED) is 0.498. The predicted octanol–water partition coefficient (Wildman–Crippen LogP) is 2.40. The van der Waals surface area contributed by atoms with Crippen LogP contribution in [-0.2, 0) is 0 Å². The highest BCUT2D eigenvalue weighted by atomic mass is 79.9. The van der Waals surface area contributed by atoms with Crippen molar-refractivity contribution in [3.63, 3.8) is 0 Å². The Balaban J connectivity index is 2.27. The molecule has 0 aliphatic carbocycles. The van der Waals surface area contributed by atoms with Crippen molar-refractivity contribution < 1.29 is 0 Å². The number of halogens is 1. The van der Waals surface area contributed by atoms with Crippen LogP contribution < -0.4 is 0 Å². The topological polar surface area (TPSA) is 18.8 Å². The van der Waals surface area contributed by atoms with Crippen LogP contribution in [0.1, 0.15) is 27.7 Å². The van der Waals surface area contributed by atoms with Gasteiger partial charge in [-0.15, -0.1) is 0 Å². The fraction of sp³-hybridized carbons (Fsp3) is 0.727. The second kappa shape index (κ2) is 3.51. The molecule has 2 rings (SSSR count). The van der Waals surface area contributed by atoms with Gasteiger partial charge in [-0.1, -0.05) is 0 Å². The van der Waals surface area contributed by atoms with Gasteiger partial charge >= 0.3 is 0 Å². The maximum Gasteiger partial charge on any atom is 0.178 e. The molecule has 0 saturated carbocycles. The first-order valence-electron chi connectivity index (χ1n) is 5.33. The molecule has 0 N–H and O–H groups in total. The summed E-state index contributed by atoms with van der Waals surface area (Å²) in [6.07, 6.45) is 2.24. The van der Waals surface area contributed by atoms with Crippen molar-refractivity contribution in [2.45, 2.75) is 38.3 Å². The number of aliphatic imine (C=N–C) groups is 1. The van der Waals surface area contributed by atoms with Crippen LogP contribution in [0.25, 0.3) is 0 Å². The van der Waals surface area contributed by atoms with Crippen LogP contribution in [0.5, 0.6) is 0 Å². The Hall–Kier alpha value is -0.510. The lowest BCUT2D eigenvalue weighted by Gasteiger charge is -2.41. The first kappa shape index (κ1) is 11.0. The second-order valence-corrected chi connectivity index (χ2v) is 5.92. The molecule has 0 aromatic heterocycles. The van der Waals surface area contributed by atoms with E-state index in [1.807, 2.05) is 0 Å². The molecule has 0 aromatic carbocycles. The summed E-state index contributed by atoms with van der Waals surface area (Å²) in [5.74, 6) is 0. The van der Waals surface area contributed by atoms with E-state index in [-0.39, 0.29) is 10.6 Å². The van der Waals surface area contributed by atoms with Crippen molar-refractivity contribution in [2.75, 3.05) is 13.1 Å². The van der Waals surface area contributed by atoms with Crippen LogP contribution in [0.4, 0.5) is 0 Å². The lowest BCUT2D eigenvalue weighted by Crippen LogP contribution is -2.47. The molecule has 2 heterocycles. The molecule has 0 fully saturated rings. The molecular weight excluding hydrogens is 254 g/mol. The molecule has 4 heteroatoms. The van der Waals surface area contributed by atoms with Gasteiger partial charge in [0.2, 0.25) is 0 Å². The Labute approximate surface area is 100.0 Å². The van der Waals surface area contributed by atoms with E-state index in [0.717, 1.165) is 18.8 Å². The molecule has 0 saturated heterocycles. The van der Waals surface area contributed by atoms with Gasteiger partial charge in [-0.3, -0.25) is 4.99 Å². The van der Waals surface area contributed by atoms with E-state index in [4.69, 9.17) is 0 Å². The van der Waals surface area contributed by atoms with Gasteiger partial charge in [0.15, 0.2) is 5.08 Å². The molecule has 3 nitrogen and oxygen atoms in total. The summed E-state index contributed by atoms with van der Waals surface area (Å²) in [4.78, 5) is 9.21. The van der Waals surface area contributed by atoms with E-state index in [1.54, 1.807) is 0 Å². The zero-order valence-electron chi connectivity index (χ0n) is 9.79. The highest BCUT2D eigenvalue weighted by molar-refractivity contribution is 9.09. The van der Waals surface area contributed by atoms with Gasteiger partial charge in [0.1, 0.15) is 0 Å². The third-order valence-corrected chi connectivity index (χ3v) is 3.66. The zero-order chi connectivity index (χ0) is 11.2. The lowest BCUT2D eigenvalue weighted by atomic mass is 10.1. The smallest absolute Gasteiger partial charge is 0.178 e. The molecule has 1 atom stereocenters. The van der Waals surface area contributed by atoms with Gasteiger partial charge in [0.25, 0.3) is 0 Å². The summed E-state index contributed by atoms with van der Waals surface area (Å²) in [5.41, 5.74) is 2.59. The van der Waals surface area contributed by atoms with Gasteiger partial charge in [-0.05, 0) is 43.6 Å². The number of hydrogen-bond acceptors (Lipinski definition) is 3. The van der Waals surface area contributed by atoms with Crippen LogP contribution in [0.2, 0.25) is 0 Å². The average molecular weight is 272 g/mol. The summed E-state index contributed by atoms with van der Waals surface area (Å²) >= 11 is 3.57. The van der Waals surface area contributed by atoms with Gasteiger partial charge in [0.05, 0.1) is 11.4 Å². The van der Waals surface area contributed by atoms with E-state index in [0.29, 0.717) is 0 Å². The largest absolute Gasteiger partial charge is 0.369 e. The van der Waals surface area contributed by atoms with Gasteiger partial charge in [-0.2, -0.15) is 0 Å². The summed E-state index contributed by atoms with van der Waals surface area (Å²) in [5, 5.41) is 0.144. The van der Waals surface area contributed by atoms with Crippen LogP contribution in [0.3, 0.4) is 0 Å². The minimum absolute atomic E-state index is 0.144. The van der Waals surface area contributed by atoms with Crippen molar-refractivity contribution in [1.82, 2.24) is 9.80 Å². The summed E-state index contributed by atoms with van der Waals surface area (Å²) in [7, 11) is 0. The summed E-state index contributed by atoms with van der Waals surface area (Å²) in [6, 6.07) is 0. The van der Waals surface area contributed by atoms with E-state index in [9.17, 15) is 0 Å². The fourth-order valence-electron chi connectivity index (χ4n) is 1.97. The van der Waals surface area contributed by atoms with Crippen molar-refractivity contribution in [3.05, 3.63) is 11.9 Å². The first-order valence-corrected chi connectivity index (χ1v) is 6.25. The number of fused-ring (bicyclic) bond motifs is 1. The lowest BCUT2D eigenvalue weighted by molar-refractivity contribution is 0.159. The van der Waals surface area contributed by atoms with Crippen molar-refractivity contribution in [3.8, 4) is 0 Å². The van der Waals surface area contributed by atoms with Gasteiger partial charge < -0.3 is 9.80 Å². The zero-order valence-corrected chi connectivity index (χ0v) is 11.4. The second-order valence-electron chi connectivity index (χ2n) is 5.10. The van der Waals surface area contributed by atoms with Crippen molar-refractivity contribution >= 4 is 21.6 Å². The average Bonchev–Trinajstić information content (AvgIpc) is 2.41. The molecule has 2 aliphatic heterocycles. The molecule has 15 heavy (non-hydrogen) atoms. The van der Waals surface area contributed by atoms with E-state index >= 15 is 0 Å². The van der Waals surface area contributed by atoms with Crippen LogP contribution in [-0.4, -0.2) is 39.2 Å². The SMILES string of the molecule is CC1=NC(Br)N2CCN(C(C)(C)C)C=C12. The minimum Gasteiger partial charge on any atom is -0.369 e. The number of alkyl halides is 1. The molecule has 0 aromatic rings. The van der Waals surface area contributed by atoms with Crippen LogP contribution >= 0.6 is 15.9 Å². The van der Waals surface area contributed by atoms with E-state index in [1.165, 1.54) is 5.70 Å². The molecule has 0 spiro atoms. The molecule has 0 bridgehead atoms. The molecule has 1 unspecified atom stereocenters. The molecule has 2 aliphatic rings. The third kappa shape index (κ3) is 1.92. The Morgan fingerprint density at radius 1 is 1.40 bits per heavy atom. The summed E-state index contributed by atoms with van der Waals surface area (Å²) < 4.78 is 0. The van der Waals surface area contributed by atoms with Crippen molar-refractivity contribution in [2.24, 2.45) is 4.99 Å². The van der Waals surface area contributed by atoms with Crippen molar-refractivity contribution in [1.29, 1.82) is 0 Å². The number of nitrogens with zero attached hydrogens (tertiary/aromatic N) is 3. The van der Waals surface area contributed by atoms with E-state index in [2.05, 4.69) is 64.6 Å². The van der Waals surface area contributed by atoms with Gasteiger partial charge in [0, 0.05) is 24.8 Å². The predicted molar refractivity (Wildman–Crippen MR) is 67.1 cm³/mol.